The third kappa shape index (κ3) is 2.38. The summed E-state index contributed by atoms with van der Waals surface area (Å²) in [5, 5.41) is 0. The number of aromatic nitrogens is 2. The van der Waals surface area contributed by atoms with Gasteiger partial charge in [-0.3, -0.25) is 0 Å². The average molecular weight is 269 g/mol. The molecule has 0 spiro atoms. The number of aromatic amines is 1. The lowest BCUT2D eigenvalue weighted by Gasteiger charge is -2.30. The number of rotatable bonds is 3. The topological polar surface area (TPSA) is 54.7 Å². The second kappa shape index (κ2) is 5.06. The Labute approximate surface area is 120 Å². The fraction of sp³-hybridized carbons (Fsp3) is 0.471. The van der Waals surface area contributed by atoms with E-state index in [1.807, 2.05) is 6.20 Å². The summed E-state index contributed by atoms with van der Waals surface area (Å²) in [4.78, 5) is 8.05. The van der Waals surface area contributed by atoms with Gasteiger partial charge >= 0.3 is 0 Å². The van der Waals surface area contributed by atoms with Gasteiger partial charge in [0.05, 0.1) is 11.9 Å². The summed E-state index contributed by atoms with van der Waals surface area (Å²) in [5.41, 5.74) is 10.9. The summed E-state index contributed by atoms with van der Waals surface area (Å²) in [6.07, 6.45) is 4.07. The van der Waals surface area contributed by atoms with Crippen LogP contribution in [0.5, 0.6) is 0 Å². The predicted octanol–water partition coefficient (Wildman–Crippen LogP) is 3.71. The van der Waals surface area contributed by atoms with Crippen LogP contribution in [-0.4, -0.2) is 16.0 Å². The van der Waals surface area contributed by atoms with Crippen molar-refractivity contribution in [3.05, 3.63) is 41.3 Å². The maximum atomic E-state index is 5.86. The number of imidazole rings is 1. The molecule has 0 radical (unpaired) electrons. The Balaban J connectivity index is 1.91. The lowest BCUT2D eigenvalue weighted by molar-refractivity contribution is 0.340. The number of nitrogens with zero attached hydrogens (tertiary/aromatic N) is 1. The fourth-order valence-electron chi connectivity index (χ4n) is 2.86. The Morgan fingerprint density at radius 3 is 2.70 bits per heavy atom. The van der Waals surface area contributed by atoms with E-state index in [9.17, 15) is 0 Å². The molecule has 1 heterocycles. The molecule has 2 aromatic rings. The van der Waals surface area contributed by atoms with Crippen molar-refractivity contribution in [1.29, 1.82) is 0 Å². The summed E-state index contributed by atoms with van der Waals surface area (Å²) in [7, 11) is 0. The van der Waals surface area contributed by atoms with Crippen molar-refractivity contribution in [3.63, 3.8) is 0 Å². The highest BCUT2D eigenvalue weighted by atomic mass is 14.9. The van der Waals surface area contributed by atoms with Gasteiger partial charge in [0.15, 0.2) is 0 Å². The van der Waals surface area contributed by atoms with E-state index in [1.165, 1.54) is 16.7 Å². The highest BCUT2D eigenvalue weighted by Gasteiger charge is 2.29. The van der Waals surface area contributed by atoms with Gasteiger partial charge in [0.1, 0.15) is 5.82 Å². The zero-order valence-electron chi connectivity index (χ0n) is 12.5. The van der Waals surface area contributed by atoms with E-state index < -0.39 is 0 Å². The number of nitrogens with two attached hydrogens (primary N) is 1. The van der Waals surface area contributed by atoms with Gasteiger partial charge in [-0.05, 0) is 42.9 Å². The Kier molecular flexibility index (Phi) is 3.38. The first kappa shape index (κ1) is 13.4. The van der Waals surface area contributed by atoms with Gasteiger partial charge in [-0.2, -0.15) is 0 Å². The molecule has 0 aliphatic heterocycles. The molecule has 0 amide bonds. The van der Waals surface area contributed by atoms with Gasteiger partial charge in [0, 0.05) is 17.5 Å². The Bertz CT molecular complexity index is 606. The van der Waals surface area contributed by atoms with E-state index in [1.54, 1.807) is 0 Å². The van der Waals surface area contributed by atoms with Crippen LogP contribution in [0.4, 0.5) is 0 Å². The first-order valence-corrected chi connectivity index (χ1v) is 7.46. The van der Waals surface area contributed by atoms with Crippen LogP contribution in [0.1, 0.15) is 55.5 Å². The first-order valence-electron chi connectivity index (χ1n) is 7.46. The van der Waals surface area contributed by atoms with Crippen molar-refractivity contribution in [1.82, 2.24) is 9.97 Å². The maximum absolute atomic E-state index is 5.86. The number of hydrogen-bond donors (Lipinski definition) is 2. The molecule has 3 heteroatoms. The van der Waals surface area contributed by atoms with Crippen LogP contribution in [0.25, 0.3) is 11.3 Å². The zero-order chi connectivity index (χ0) is 14.3. The summed E-state index contributed by atoms with van der Waals surface area (Å²) in [6.45, 7) is 6.60. The molecule has 1 aromatic carbocycles. The second-order valence-corrected chi connectivity index (χ2v) is 6.34. The molecule has 0 unspecified atom stereocenters. The van der Waals surface area contributed by atoms with Crippen LogP contribution in [0.3, 0.4) is 0 Å². The number of nitrogens with one attached hydrogen (secondary N) is 1. The largest absolute Gasteiger partial charge is 0.342 e. The summed E-state index contributed by atoms with van der Waals surface area (Å²) in [6, 6.07) is 7.06. The minimum absolute atomic E-state index is 0.361. The minimum atomic E-state index is 0.361. The number of H-pyrrole nitrogens is 1. The molecule has 0 bridgehead atoms. The highest BCUT2D eigenvalue weighted by Crippen LogP contribution is 2.35. The van der Waals surface area contributed by atoms with Crippen LogP contribution >= 0.6 is 0 Å². The predicted molar refractivity (Wildman–Crippen MR) is 82.8 cm³/mol. The smallest absolute Gasteiger partial charge is 0.109 e. The van der Waals surface area contributed by atoms with Gasteiger partial charge in [0.2, 0.25) is 0 Å². The number of aryl methyl sites for hydroxylation is 1. The van der Waals surface area contributed by atoms with E-state index in [2.05, 4.69) is 48.9 Å². The normalized spacial score (nSPS) is 22.1. The van der Waals surface area contributed by atoms with E-state index in [0.29, 0.717) is 17.9 Å². The molecule has 1 saturated carbocycles. The van der Waals surface area contributed by atoms with Crippen LogP contribution < -0.4 is 5.73 Å². The van der Waals surface area contributed by atoms with Gasteiger partial charge in [0.25, 0.3) is 0 Å². The van der Waals surface area contributed by atoms with Crippen molar-refractivity contribution in [2.75, 3.05) is 0 Å². The summed E-state index contributed by atoms with van der Waals surface area (Å²) < 4.78 is 0. The van der Waals surface area contributed by atoms with Crippen molar-refractivity contribution < 1.29 is 0 Å². The molecule has 3 nitrogen and oxygen atoms in total. The van der Waals surface area contributed by atoms with E-state index in [4.69, 9.17) is 5.73 Å². The van der Waals surface area contributed by atoms with Crippen LogP contribution in [0.15, 0.2) is 24.4 Å². The quantitative estimate of drug-likeness (QED) is 0.892. The molecule has 20 heavy (non-hydrogen) atoms. The minimum Gasteiger partial charge on any atom is -0.342 e. The first-order chi connectivity index (χ1) is 9.54. The van der Waals surface area contributed by atoms with Gasteiger partial charge in [-0.1, -0.05) is 26.0 Å². The standard InChI is InChI=1S/C17H23N3/c1-10(2)12-5-4-11(3)15(8-12)16-9-19-17(20-16)13-6-14(18)7-13/h4-5,8-10,13-14H,6-7,18H2,1-3H3,(H,19,20). The Hall–Kier alpha value is -1.61. The van der Waals surface area contributed by atoms with E-state index >= 15 is 0 Å². The maximum Gasteiger partial charge on any atom is 0.109 e. The van der Waals surface area contributed by atoms with Crippen LogP contribution in [-0.2, 0) is 0 Å². The fourth-order valence-corrected chi connectivity index (χ4v) is 2.86. The van der Waals surface area contributed by atoms with Crippen LogP contribution in [0.2, 0.25) is 0 Å². The molecule has 3 rings (SSSR count). The van der Waals surface area contributed by atoms with E-state index in [0.717, 1.165) is 24.4 Å². The average Bonchev–Trinajstić information content (AvgIpc) is 2.84. The molecule has 1 fully saturated rings. The van der Waals surface area contributed by atoms with Gasteiger partial charge < -0.3 is 10.7 Å². The molecular weight excluding hydrogens is 246 g/mol. The third-order valence-electron chi connectivity index (χ3n) is 4.38. The molecule has 1 aromatic heterocycles. The zero-order valence-corrected chi connectivity index (χ0v) is 12.5. The lowest BCUT2D eigenvalue weighted by Crippen LogP contribution is -2.35. The van der Waals surface area contributed by atoms with Crippen molar-refractivity contribution in [2.45, 2.75) is 51.5 Å². The molecule has 106 valence electrons. The molecular formula is C17H23N3. The molecule has 1 aliphatic rings. The molecule has 3 N–H and O–H groups in total. The van der Waals surface area contributed by atoms with E-state index in [-0.39, 0.29) is 0 Å². The monoisotopic (exact) mass is 269 g/mol. The molecule has 1 aliphatic carbocycles. The van der Waals surface area contributed by atoms with Crippen molar-refractivity contribution >= 4 is 0 Å². The summed E-state index contributed by atoms with van der Waals surface area (Å²) >= 11 is 0. The van der Waals surface area contributed by atoms with Gasteiger partial charge in [-0.25, -0.2) is 4.98 Å². The summed E-state index contributed by atoms with van der Waals surface area (Å²) in [5.74, 6) is 2.16. The Morgan fingerprint density at radius 1 is 1.30 bits per heavy atom. The highest BCUT2D eigenvalue weighted by molar-refractivity contribution is 5.64. The SMILES string of the molecule is Cc1ccc(C(C)C)cc1-c1cnc(C2CC(N)C2)[nH]1. The molecule has 0 saturated heterocycles. The van der Waals surface area contributed by atoms with Crippen molar-refractivity contribution in [2.24, 2.45) is 5.73 Å². The Morgan fingerprint density at radius 2 is 2.05 bits per heavy atom. The van der Waals surface area contributed by atoms with Gasteiger partial charge in [-0.15, -0.1) is 0 Å². The number of benzene rings is 1. The van der Waals surface area contributed by atoms with Crippen molar-refractivity contribution in [3.8, 4) is 11.3 Å². The lowest BCUT2D eigenvalue weighted by atomic mass is 9.80. The third-order valence-corrected chi connectivity index (χ3v) is 4.38. The van der Waals surface area contributed by atoms with Crippen LogP contribution in [0, 0.1) is 6.92 Å². The number of hydrogen-bond acceptors (Lipinski definition) is 2. The molecule has 0 atom stereocenters. The second-order valence-electron chi connectivity index (χ2n) is 6.34.